The van der Waals surface area contributed by atoms with Crippen molar-refractivity contribution in [3.63, 3.8) is 0 Å². The van der Waals surface area contributed by atoms with Crippen molar-refractivity contribution in [2.45, 2.75) is 25.3 Å². The molecular formula is C13H16N4S. The molecule has 0 aliphatic carbocycles. The Kier molecular flexibility index (Phi) is 4.52. The zero-order chi connectivity index (χ0) is 12.8. The number of benzene rings is 1. The first-order chi connectivity index (χ1) is 8.85. The van der Waals surface area contributed by atoms with E-state index in [1.807, 2.05) is 29.0 Å². The van der Waals surface area contributed by atoms with Gasteiger partial charge < -0.3 is 4.57 Å². The van der Waals surface area contributed by atoms with Crippen LogP contribution in [-0.4, -0.2) is 15.3 Å². The summed E-state index contributed by atoms with van der Waals surface area (Å²) in [5, 5.41) is 8.51. The molecule has 94 valence electrons. The van der Waals surface area contributed by atoms with Crippen LogP contribution in [0.25, 0.3) is 0 Å². The number of nitrogens with zero attached hydrogens (tertiary/aromatic N) is 4. The van der Waals surface area contributed by atoms with Crippen LogP contribution in [0.15, 0.2) is 51.8 Å². The van der Waals surface area contributed by atoms with E-state index in [9.17, 15) is 0 Å². The van der Waals surface area contributed by atoms with E-state index in [1.54, 1.807) is 18.0 Å². The monoisotopic (exact) mass is 260 g/mol. The number of imidazole rings is 1. The molecule has 0 amide bonds. The number of thioether (sulfide) groups is 1. The van der Waals surface area contributed by atoms with Crippen molar-refractivity contribution in [2.24, 2.45) is 10.2 Å². The van der Waals surface area contributed by atoms with E-state index in [0.717, 1.165) is 22.9 Å². The van der Waals surface area contributed by atoms with Crippen LogP contribution >= 0.6 is 11.8 Å². The molecule has 0 unspecified atom stereocenters. The van der Waals surface area contributed by atoms with Gasteiger partial charge in [0.25, 0.3) is 0 Å². The topological polar surface area (TPSA) is 42.5 Å². The number of aromatic nitrogens is 2. The van der Waals surface area contributed by atoms with Gasteiger partial charge in [-0.15, -0.1) is 22.0 Å². The van der Waals surface area contributed by atoms with Gasteiger partial charge in [-0.1, -0.05) is 19.1 Å². The van der Waals surface area contributed by atoms with Gasteiger partial charge in [-0.25, -0.2) is 4.98 Å². The zero-order valence-electron chi connectivity index (χ0n) is 10.6. The first-order valence-electron chi connectivity index (χ1n) is 5.99. The summed E-state index contributed by atoms with van der Waals surface area (Å²) in [5.41, 5.74) is 0.898. The Morgan fingerprint density at radius 3 is 2.83 bits per heavy atom. The predicted octanol–water partition coefficient (Wildman–Crippen LogP) is 4.43. The van der Waals surface area contributed by atoms with E-state index >= 15 is 0 Å². The SMILES string of the molecule is CCSc1ccccc1N=Nc1nccn1CC. The first kappa shape index (κ1) is 12.8. The van der Waals surface area contributed by atoms with Crippen molar-refractivity contribution in [1.29, 1.82) is 0 Å². The quantitative estimate of drug-likeness (QED) is 0.589. The molecule has 0 spiro atoms. The summed E-state index contributed by atoms with van der Waals surface area (Å²) in [4.78, 5) is 5.32. The van der Waals surface area contributed by atoms with Gasteiger partial charge in [-0.2, -0.15) is 0 Å². The Morgan fingerprint density at radius 1 is 1.22 bits per heavy atom. The van der Waals surface area contributed by atoms with Crippen molar-refractivity contribution in [2.75, 3.05) is 5.75 Å². The highest BCUT2D eigenvalue weighted by molar-refractivity contribution is 7.99. The van der Waals surface area contributed by atoms with Crippen LogP contribution in [0.2, 0.25) is 0 Å². The third kappa shape index (κ3) is 2.98. The van der Waals surface area contributed by atoms with Crippen LogP contribution < -0.4 is 0 Å². The normalized spacial score (nSPS) is 11.2. The second-order valence-corrected chi connectivity index (χ2v) is 4.92. The number of azo groups is 1. The molecule has 2 aromatic rings. The third-order valence-corrected chi connectivity index (χ3v) is 3.39. The maximum atomic E-state index is 4.30. The van der Waals surface area contributed by atoms with Gasteiger partial charge in [0, 0.05) is 23.8 Å². The summed E-state index contributed by atoms with van der Waals surface area (Å²) < 4.78 is 1.96. The van der Waals surface area contributed by atoms with Gasteiger partial charge in [0.1, 0.15) is 0 Å². The molecule has 18 heavy (non-hydrogen) atoms. The summed E-state index contributed by atoms with van der Waals surface area (Å²) >= 11 is 1.77. The Labute approximate surface area is 111 Å². The minimum atomic E-state index is 0.647. The molecule has 1 aromatic carbocycles. The average molecular weight is 260 g/mol. The highest BCUT2D eigenvalue weighted by Gasteiger charge is 2.02. The Balaban J connectivity index is 2.23. The van der Waals surface area contributed by atoms with Gasteiger partial charge in [0.15, 0.2) is 0 Å². The molecule has 0 aliphatic heterocycles. The summed E-state index contributed by atoms with van der Waals surface area (Å²) in [6.07, 6.45) is 3.64. The molecule has 0 aliphatic rings. The standard InChI is InChI=1S/C13H16N4S/c1-3-17-10-9-14-13(17)16-15-11-7-5-6-8-12(11)18-4-2/h5-10H,3-4H2,1-2H3. The zero-order valence-corrected chi connectivity index (χ0v) is 11.4. The third-order valence-electron chi connectivity index (χ3n) is 2.45. The minimum Gasteiger partial charge on any atom is -0.315 e. The molecule has 1 heterocycles. The van der Waals surface area contributed by atoms with Crippen LogP contribution in [0.3, 0.4) is 0 Å². The second-order valence-electron chi connectivity index (χ2n) is 3.61. The van der Waals surface area contributed by atoms with Crippen molar-refractivity contribution in [1.82, 2.24) is 9.55 Å². The fourth-order valence-corrected chi connectivity index (χ4v) is 2.31. The largest absolute Gasteiger partial charge is 0.315 e. The van der Waals surface area contributed by atoms with Crippen molar-refractivity contribution in [3.05, 3.63) is 36.7 Å². The number of aryl methyl sites for hydroxylation is 1. The number of hydrogen-bond donors (Lipinski definition) is 0. The highest BCUT2D eigenvalue weighted by atomic mass is 32.2. The van der Waals surface area contributed by atoms with Crippen molar-refractivity contribution >= 4 is 23.4 Å². The molecule has 5 heteroatoms. The van der Waals surface area contributed by atoms with E-state index in [4.69, 9.17) is 0 Å². The lowest BCUT2D eigenvalue weighted by Gasteiger charge is -2.02. The van der Waals surface area contributed by atoms with Gasteiger partial charge >= 0.3 is 0 Å². The minimum absolute atomic E-state index is 0.647. The fraction of sp³-hybridized carbons (Fsp3) is 0.308. The number of rotatable bonds is 5. The summed E-state index contributed by atoms with van der Waals surface area (Å²) in [6.45, 7) is 5.03. The van der Waals surface area contributed by atoms with Crippen molar-refractivity contribution in [3.8, 4) is 0 Å². The molecule has 2 rings (SSSR count). The van der Waals surface area contributed by atoms with Crippen LogP contribution in [0, 0.1) is 0 Å². The molecular weight excluding hydrogens is 244 g/mol. The van der Waals surface area contributed by atoms with E-state index in [2.05, 4.69) is 35.1 Å². The smallest absolute Gasteiger partial charge is 0.249 e. The van der Waals surface area contributed by atoms with E-state index < -0.39 is 0 Å². The molecule has 1 aromatic heterocycles. The lowest BCUT2D eigenvalue weighted by Crippen LogP contribution is -1.89. The van der Waals surface area contributed by atoms with Gasteiger partial charge in [0.05, 0.1) is 5.69 Å². The molecule has 4 nitrogen and oxygen atoms in total. The Morgan fingerprint density at radius 2 is 2.06 bits per heavy atom. The van der Waals surface area contributed by atoms with Gasteiger partial charge in [-0.05, 0) is 24.8 Å². The summed E-state index contributed by atoms with van der Waals surface area (Å²) in [7, 11) is 0. The van der Waals surface area contributed by atoms with Crippen LogP contribution in [-0.2, 0) is 6.54 Å². The van der Waals surface area contributed by atoms with Crippen LogP contribution in [0.5, 0.6) is 0 Å². The maximum absolute atomic E-state index is 4.30. The van der Waals surface area contributed by atoms with Gasteiger partial charge in [0.2, 0.25) is 5.95 Å². The average Bonchev–Trinajstić information content (AvgIpc) is 2.85. The highest BCUT2D eigenvalue weighted by Crippen LogP contribution is 2.30. The molecule has 0 fully saturated rings. The fourth-order valence-electron chi connectivity index (χ4n) is 1.57. The van der Waals surface area contributed by atoms with E-state index in [1.165, 1.54) is 0 Å². The molecule has 0 saturated carbocycles. The van der Waals surface area contributed by atoms with Gasteiger partial charge in [-0.3, -0.25) is 0 Å². The summed E-state index contributed by atoms with van der Waals surface area (Å²) in [5.74, 6) is 1.67. The Bertz CT molecular complexity index is 533. The molecule has 0 bridgehead atoms. The summed E-state index contributed by atoms with van der Waals surface area (Å²) in [6, 6.07) is 8.03. The lowest BCUT2D eigenvalue weighted by atomic mass is 10.3. The van der Waals surface area contributed by atoms with Crippen LogP contribution in [0.4, 0.5) is 11.6 Å². The Hall–Kier alpha value is -1.62. The second kappa shape index (κ2) is 6.35. The van der Waals surface area contributed by atoms with E-state index in [0.29, 0.717) is 5.95 Å². The van der Waals surface area contributed by atoms with E-state index in [-0.39, 0.29) is 0 Å². The lowest BCUT2D eigenvalue weighted by molar-refractivity contribution is 0.757. The van der Waals surface area contributed by atoms with Crippen molar-refractivity contribution < 1.29 is 0 Å². The first-order valence-corrected chi connectivity index (χ1v) is 6.98. The molecule has 0 saturated heterocycles. The maximum Gasteiger partial charge on any atom is 0.249 e. The molecule has 0 radical (unpaired) electrons. The number of hydrogen-bond acceptors (Lipinski definition) is 4. The predicted molar refractivity (Wildman–Crippen MR) is 74.9 cm³/mol. The molecule has 0 atom stereocenters. The van der Waals surface area contributed by atoms with Crippen LogP contribution in [0.1, 0.15) is 13.8 Å². The molecule has 0 N–H and O–H groups in total.